The first kappa shape index (κ1) is 36.4. The molecule has 0 aliphatic carbocycles. The number of amides is 3. The van der Waals surface area contributed by atoms with Gasteiger partial charge >= 0.3 is 5.97 Å². The van der Waals surface area contributed by atoms with Gasteiger partial charge in [-0.15, -0.1) is 0 Å². The highest BCUT2D eigenvalue weighted by molar-refractivity contribution is 5.94. The Bertz CT molecular complexity index is 1120. The van der Waals surface area contributed by atoms with Crippen LogP contribution in [0.25, 0.3) is 0 Å². The first-order valence-electron chi connectivity index (χ1n) is 14.0. The van der Waals surface area contributed by atoms with Gasteiger partial charge in [0.05, 0.1) is 6.04 Å². The molecule has 5 atom stereocenters. The number of hydrogen-bond donors (Lipinski definition) is 10. The molecule has 5 unspecified atom stereocenters. The van der Waals surface area contributed by atoms with Crippen LogP contribution in [0.5, 0.6) is 5.75 Å². The van der Waals surface area contributed by atoms with E-state index in [9.17, 15) is 29.4 Å². The van der Waals surface area contributed by atoms with E-state index in [0.29, 0.717) is 24.8 Å². The van der Waals surface area contributed by atoms with Crippen LogP contribution in [0.1, 0.15) is 51.5 Å². The summed E-state index contributed by atoms with van der Waals surface area (Å²) in [5, 5.41) is 27.0. The fourth-order valence-corrected chi connectivity index (χ4v) is 3.99. The van der Waals surface area contributed by atoms with Gasteiger partial charge in [0.1, 0.15) is 23.9 Å². The number of phenols is 1. The molecule has 15 N–H and O–H groups in total. The Morgan fingerprint density at radius 1 is 0.814 bits per heavy atom. The number of phenolic OH excluding ortho intramolecular Hbond substituents is 1. The number of carbonyl (C=O) groups is 4. The monoisotopic (exact) mass is 606 g/mol. The van der Waals surface area contributed by atoms with Gasteiger partial charge in [-0.05, 0) is 49.3 Å². The van der Waals surface area contributed by atoms with Crippen molar-refractivity contribution in [2.45, 2.75) is 76.5 Å². The molecule has 3 amide bonds. The summed E-state index contributed by atoms with van der Waals surface area (Å²) in [5.74, 6) is -3.78. The molecule has 240 valence electrons. The number of aliphatic carboxylic acids is 1. The minimum absolute atomic E-state index is 0.0195. The van der Waals surface area contributed by atoms with Crippen molar-refractivity contribution in [3.63, 3.8) is 0 Å². The summed E-state index contributed by atoms with van der Waals surface area (Å²) < 4.78 is 0. The number of carboxylic acids is 1. The quantitative estimate of drug-likeness (QED) is 0.0464. The van der Waals surface area contributed by atoms with Crippen molar-refractivity contribution in [3.05, 3.63) is 29.8 Å². The van der Waals surface area contributed by atoms with Gasteiger partial charge in [0.25, 0.3) is 0 Å². The number of benzene rings is 1. The van der Waals surface area contributed by atoms with Crippen molar-refractivity contribution in [2.24, 2.45) is 44.6 Å². The largest absolute Gasteiger partial charge is 0.508 e. The third kappa shape index (κ3) is 14.2. The summed E-state index contributed by atoms with van der Waals surface area (Å²) in [7, 11) is 0. The second kappa shape index (κ2) is 18.8. The van der Waals surface area contributed by atoms with Crippen LogP contribution < -0.4 is 44.6 Å². The Kier molecular flexibility index (Phi) is 15.9. The fraction of sp³-hybridized carbons (Fsp3) is 0.556. The van der Waals surface area contributed by atoms with Crippen LogP contribution in [0.2, 0.25) is 0 Å². The molecule has 0 bridgehead atoms. The number of carbonyl (C=O) groups excluding carboxylic acids is 3. The zero-order valence-electron chi connectivity index (χ0n) is 24.7. The Balaban J connectivity index is 3.05. The number of carboxylic acid groups (broad SMARTS) is 1. The summed E-state index contributed by atoms with van der Waals surface area (Å²) in [5.41, 5.74) is 27.9. The van der Waals surface area contributed by atoms with Crippen LogP contribution >= 0.6 is 0 Å². The van der Waals surface area contributed by atoms with E-state index in [1.54, 1.807) is 19.1 Å². The SMILES string of the molecule is CCC(C)C(NC(=O)C(CCCN=C(N)N)NC(=O)C(N)CCCN=C(N)N)C(=O)NC(Cc1ccc(O)cc1)C(=O)O. The summed E-state index contributed by atoms with van der Waals surface area (Å²) in [6, 6.07) is 1.48. The maximum Gasteiger partial charge on any atom is 0.326 e. The topological polar surface area (TPSA) is 300 Å². The van der Waals surface area contributed by atoms with Crippen LogP contribution in [0.15, 0.2) is 34.3 Å². The maximum absolute atomic E-state index is 13.4. The van der Waals surface area contributed by atoms with Crippen LogP contribution in [-0.2, 0) is 25.6 Å². The highest BCUT2D eigenvalue weighted by Crippen LogP contribution is 2.14. The van der Waals surface area contributed by atoms with E-state index < -0.39 is 47.9 Å². The number of nitrogens with two attached hydrogens (primary N) is 5. The molecule has 43 heavy (non-hydrogen) atoms. The van der Waals surface area contributed by atoms with E-state index in [0.717, 1.165) is 0 Å². The smallest absolute Gasteiger partial charge is 0.326 e. The molecular weight excluding hydrogens is 560 g/mol. The summed E-state index contributed by atoms with van der Waals surface area (Å²) in [4.78, 5) is 59.2. The normalized spacial score (nSPS) is 14.2. The molecule has 0 heterocycles. The number of guanidine groups is 2. The summed E-state index contributed by atoms with van der Waals surface area (Å²) in [6.07, 6.45) is 1.56. The summed E-state index contributed by atoms with van der Waals surface area (Å²) >= 11 is 0. The molecule has 1 aromatic carbocycles. The lowest BCUT2D eigenvalue weighted by atomic mass is 9.96. The van der Waals surface area contributed by atoms with Gasteiger partial charge in [-0.2, -0.15) is 0 Å². The third-order valence-corrected chi connectivity index (χ3v) is 6.67. The lowest BCUT2D eigenvalue weighted by molar-refractivity contribution is -0.142. The molecule has 0 spiro atoms. The van der Waals surface area contributed by atoms with Gasteiger partial charge < -0.3 is 54.8 Å². The number of hydrogen-bond acceptors (Lipinski definition) is 8. The van der Waals surface area contributed by atoms with Crippen molar-refractivity contribution in [2.75, 3.05) is 13.1 Å². The zero-order valence-corrected chi connectivity index (χ0v) is 24.7. The predicted molar refractivity (Wildman–Crippen MR) is 162 cm³/mol. The van der Waals surface area contributed by atoms with Crippen molar-refractivity contribution in [1.82, 2.24) is 16.0 Å². The van der Waals surface area contributed by atoms with Gasteiger partial charge in [-0.25, -0.2) is 4.79 Å². The van der Waals surface area contributed by atoms with E-state index in [4.69, 9.17) is 28.7 Å². The predicted octanol–water partition coefficient (Wildman–Crippen LogP) is -2.05. The van der Waals surface area contributed by atoms with Gasteiger partial charge in [-0.3, -0.25) is 24.4 Å². The van der Waals surface area contributed by atoms with Gasteiger partial charge in [0.2, 0.25) is 17.7 Å². The van der Waals surface area contributed by atoms with Gasteiger partial charge in [-0.1, -0.05) is 32.4 Å². The zero-order chi connectivity index (χ0) is 32.5. The highest BCUT2D eigenvalue weighted by atomic mass is 16.4. The Morgan fingerprint density at radius 3 is 1.86 bits per heavy atom. The van der Waals surface area contributed by atoms with Gasteiger partial charge in [0.15, 0.2) is 11.9 Å². The Morgan fingerprint density at radius 2 is 1.35 bits per heavy atom. The molecule has 0 aromatic heterocycles. The minimum atomic E-state index is -1.30. The number of aromatic hydroxyl groups is 1. The molecule has 1 rings (SSSR count). The second-order valence-electron chi connectivity index (χ2n) is 10.2. The molecule has 0 radical (unpaired) electrons. The Hall–Kier alpha value is -4.60. The first-order chi connectivity index (χ1) is 20.2. The molecule has 0 aliphatic rings. The summed E-state index contributed by atoms with van der Waals surface area (Å²) in [6.45, 7) is 4.03. The van der Waals surface area contributed by atoms with E-state index in [1.807, 2.05) is 6.92 Å². The van der Waals surface area contributed by atoms with Crippen molar-refractivity contribution < 1.29 is 29.4 Å². The number of aliphatic imine (C=N–C) groups is 2. The lowest BCUT2D eigenvalue weighted by Crippen LogP contribution is -2.58. The minimum Gasteiger partial charge on any atom is -0.508 e. The molecule has 0 aliphatic heterocycles. The van der Waals surface area contributed by atoms with Crippen LogP contribution in [-0.4, -0.2) is 83.1 Å². The third-order valence-electron chi connectivity index (χ3n) is 6.67. The Labute approximate surface area is 250 Å². The van der Waals surface area contributed by atoms with Crippen molar-refractivity contribution in [3.8, 4) is 5.75 Å². The number of rotatable bonds is 19. The van der Waals surface area contributed by atoms with E-state index in [-0.39, 0.29) is 55.9 Å². The van der Waals surface area contributed by atoms with E-state index in [2.05, 4.69) is 25.9 Å². The molecule has 0 fully saturated rings. The first-order valence-corrected chi connectivity index (χ1v) is 14.0. The number of nitrogens with zero attached hydrogens (tertiary/aromatic N) is 2. The molecule has 16 heteroatoms. The molecule has 1 aromatic rings. The lowest BCUT2D eigenvalue weighted by Gasteiger charge is -2.28. The van der Waals surface area contributed by atoms with E-state index in [1.165, 1.54) is 12.1 Å². The van der Waals surface area contributed by atoms with Crippen LogP contribution in [0.3, 0.4) is 0 Å². The van der Waals surface area contributed by atoms with E-state index >= 15 is 0 Å². The van der Waals surface area contributed by atoms with Crippen LogP contribution in [0, 0.1) is 5.92 Å². The average molecular weight is 607 g/mol. The average Bonchev–Trinajstić information content (AvgIpc) is 2.95. The maximum atomic E-state index is 13.4. The van der Waals surface area contributed by atoms with Crippen LogP contribution in [0.4, 0.5) is 0 Å². The fourth-order valence-electron chi connectivity index (χ4n) is 3.99. The molecule has 16 nitrogen and oxygen atoms in total. The molecule has 0 saturated carbocycles. The number of nitrogens with one attached hydrogen (secondary N) is 3. The molecular formula is C27H46N10O6. The highest BCUT2D eigenvalue weighted by Gasteiger charge is 2.32. The second-order valence-corrected chi connectivity index (χ2v) is 10.2. The van der Waals surface area contributed by atoms with Crippen molar-refractivity contribution >= 4 is 35.6 Å². The molecule has 0 saturated heterocycles. The van der Waals surface area contributed by atoms with Crippen molar-refractivity contribution in [1.29, 1.82) is 0 Å². The standard InChI is InChI=1S/C27H46N10O6/c1-3-15(2)21(24(41)36-20(25(42)43)14-16-8-10-17(38)11-9-16)37-23(40)19(7-5-13-34-27(31)32)35-22(39)18(28)6-4-12-33-26(29)30/h8-11,15,18-21,38H,3-7,12-14,28H2,1-2H3,(H,35,39)(H,36,41)(H,37,40)(H,42,43)(H4,29,30,33)(H4,31,32,34). The van der Waals surface area contributed by atoms with Gasteiger partial charge in [0, 0.05) is 19.5 Å².